The fraction of sp³-hybridized carbons (Fsp3) is 0.571. The number of rotatable bonds is 6. The Morgan fingerprint density at radius 3 is 3.00 bits per heavy atom. The van der Waals surface area contributed by atoms with E-state index in [0.29, 0.717) is 12.6 Å². The van der Waals surface area contributed by atoms with Crippen molar-refractivity contribution in [1.29, 1.82) is 0 Å². The number of ether oxygens (including phenoxy) is 2. The largest absolute Gasteiger partial charge is 0.497 e. The van der Waals surface area contributed by atoms with Crippen molar-refractivity contribution in [3.8, 4) is 11.5 Å². The second kappa shape index (κ2) is 6.61. The van der Waals surface area contributed by atoms with Gasteiger partial charge in [0, 0.05) is 18.7 Å². The molecule has 1 N–H and O–H groups in total. The summed E-state index contributed by atoms with van der Waals surface area (Å²) < 4.78 is 10.8. The molecule has 1 aliphatic heterocycles. The molecule has 0 aliphatic carbocycles. The van der Waals surface area contributed by atoms with Crippen LogP contribution >= 0.6 is 0 Å². The molecule has 1 aliphatic rings. The van der Waals surface area contributed by atoms with Gasteiger partial charge in [-0.25, -0.2) is 0 Å². The number of nitrogens with zero attached hydrogens (tertiary/aromatic N) is 1. The standard InChI is InChI=1S/C14H21NO3/c1-17-13-5-2-6-14(10-13)18-9-8-15-7-3-4-12(15)11-16/h2,5-6,10,12,16H,3-4,7-9,11H2,1H3. The highest BCUT2D eigenvalue weighted by molar-refractivity contribution is 5.32. The Kier molecular flexibility index (Phi) is 4.84. The van der Waals surface area contributed by atoms with E-state index < -0.39 is 0 Å². The Bertz CT molecular complexity index is 370. The molecule has 4 nitrogen and oxygen atoms in total. The molecule has 1 fully saturated rings. The molecule has 18 heavy (non-hydrogen) atoms. The summed E-state index contributed by atoms with van der Waals surface area (Å²) in [5.41, 5.74) is 0. The van der Waals surface area contributed by atoms with Crippen molar-refractivity contribution < 1.29 is 14.6 Å². The molecule has 0 aromatic heterocycles. The maximum Gasteiger partial charge on any atom is 0.123 e. The lowest BCUT2D eigenvalue weighted by Gasteiger charge is -2.22. The van der Waals surface area contributed by atoms with Crippen LogP contribution in [0.5, 0.6) is 11.5 Å². The zero-order valence-corrected chi connectivity index (χ0v) is 10.8. The van der Waals surface area contributed by atoms with Gasteiger partial charge in [-0.3, -0.25) is 4.90 Å². The second-order valence-corrected chi connectivity index (χ2v) is 4.54. The van der Waals surface area contributed by atoms with Gasteiger partial charge in [0.2, 0.25) is 0 Å². The fourth-order valence-corrected chi connectivity index (χ4v) is 2.37. The van der Waals surface area contributed by atoms with E-state index in [1.165, 1.54) is 6.42 Å². The smallest absolute Gasteiger partial charge is 0.123 e. The first-order chi connectivity index (χ1) is 8.83. The Hall–Kier alpha value is -1.26. The van der Waals surface area contributed by atoms with Crippen LogP contribution in [0.4, 0.5) is 0 Å². The van der Waals surface area contributed by atoms with Gasteiger partial charge in [-0.1, -0.05) is 6.07 Å². The lowest BCUT2D eigenvalue weighted by Crippen LogP contribution is -2.35. The van der Waals surface area contributed by atoms with Crippen LogP contribution in [0, 0.1) is 0 Å². The Morgan fingerprint density at radius 2 is 2.22 bits per heavy atom. The quantitative estimate of drug-likeness (QED) is 0.832. The minimum Gasteiger partial charge on any atom is -0.497 e. The lowest BCUT2D eigenvalue weighted by atomic mass is 10.2. The Labute approximate surface area is 108 Å². The molecule has 1 saturated heterocycles. The molecule has 100 valence electrons. The summed E-state index contributed by atoms with van der Waals surface area (Å²) in [5, 5.41) is 9.22. The van der Waals surface area contributed by atoms with Crippen LogP contribution < -0.4 is 9.47 Å². The van der Waals surface area contributed by atoms with E-state index in [1.54, 1.807) is 7.11 Å². The first kappa shape index (κ1) is 13.2. The Morgan fingerprint density at radius 1 is 1.39 bits per heavy atom. The highest BCUT2D eigenvalue weighted by atomic mass is 16.5. The molecule has 0 radical (unpaired) electrons. The van der Waals surface area contributed by atoms with Gasteiger partial charge in [-0.2, -0.15) is 0 Å². The summed E-state index contributed by atoms with van der Waals surface area (Å²) in [7, 11) is 1.65. The van der Waals surface area contributed by atoms with Crippen LogP contribution in [-0.4, -0.2) is 49.5 Å². The van der Waals surface area contributed by atoms with Crippen LogP contribution in [0.2, 0.25) is 0 Å². The van der Waals surface area contributed by atoms with Crippen LogP contribution in [0.3, 0.4) is 0 Å². The number of likely N-dealkylation sites (tertiary alicyclic amines) is 1. The lowest BCUT2D eigenvalue weighted by molar-refractivity contribution is 0.139. The average molecular weight is 251 g/mol. The molecular weight excluding hydrogens is 230 g/mol. The number of methoxy groups -OCH3 is 1. The van der Waals surface area contributed by atoms with Crippen LogP contribution in [0.15, 0.2) is 24.3 Å². The van der Waals surface area contributed by atoms with Gasteiger partial charge in [0.15, 0.2) is 0 Å². The molecular formula is C14H21NO3. The molecule has 1 heterocycles. The van der Waals surface area contributed by atoms with Crippen LogP contribution in [0.25, 0.3) is 0 Å². The van der Waals surface area contributed by atoms with Gasteiger partial charge >= 0.3 is 0 Å². The molecule has 0 saturated carbocycles. The van der Waals surface area contributed by atoms with E-state index in [0.717, 1.165) is 31.0 Å². The van der Waals surface area contributed by atoms with Gasteiger partial charge in [-0.05, 0) is 31.5 Å². The summed E-state index contributed by atoms with van der Waals surface area (Å²) in [6.45, 7) is 2.82. The van der Waals surface area contributed by atoms with Gasteiger partial charge in [0.05, 0.1) is 13.7 Å². The average Bonchev–Trinajstić information content (AvgIpc) is 2.86. The third kappa shape index (κ3) is 3.37. The van der Waals surface area contributed by atoms with Gasteiger partial charge in [0.1, 0.15) is 18.1 Å². The van der Waals surface area contributed by atoms with Gasteiger partial charge in [-0.15, -0.1) is 0 Å². The van der Waals surface area contributed by atoms with E-state index in [2.05, 4.69) is 4.90 Å². The maximum absolute atomic E-state index is 9.22. The van der Waals surface area contributed by atoms with Crippen LogP contribution in [-0.2, 0) is 0 Å². The highest BCUT2D eigenvalue weighted by Gasteiger charge is 2.22. The first-order valence-corrected chi connectivity index (χ1v) is 6.45. The van der Waals surface area contributed by atoms with Crippen molar-refractivity contribution in [1.82, 2.24) is 4.90 Å². The van der Waals surface area contributed by atoms with Crippen molar-refractivity contribution in [2.45, 2.75) is 18.9 Å². The number of aliphatic hydroxyl groups excluding tert-OH is 1. The topological polar surface area (TPSA) is 41.9 Å². The molecule has 0 amide bonds. The Balaban J connectivity index is 1.77. The van der Waals surface area contributed by atoms with Crippen LogP contribution in [0.1, 0.15) is 12.8 Å². The molecule has 0 spiro atoms. The maximum atomic E-state index is 9.22. The summed E-state index contributed by atoms with van der Waals surface area (Å²) in [5.74, 6) is 1.64. The summed E-state index contributed by atoms with van der Waals surface area (Å²) in [6, 6.07) is 7.94. The summed E-state index contributed by atoms with van der Waals surface area (Å²) >= 11 is 0. The van der Waals surface area contributed by atoms with Crippen molar-refractivity contribution in [3.63, 3.8) is 0 Å². The predicted octanol–water partition coefficient (Wildman–Crippen LogP) is 1.53. The summed E-state index contributed by atoms with van der Waals surface area (Å²) in [4.78, 5) is 2.29. The molecule has 1 aromatic rings. The van der Waals surface area contributed by atoms with Crippen molar-refractivity contribution in [2.24, 2.45) is 0 Å². The molecule has 4 heteroatoms. The fourth-order valence-electron chi connectivity index (χ4n) is 2.37. The van der Waals surface area contributed by atoms with E-state index in [9.17, 15) is 5.11 Å². The van der Waals surface area contributed by atoms with Gasteiger partial charge in [0.25, 0.3) is 0 Å². The first-order valence-electron chi connectivity index (χ1n) is 6.45. The SMILES string of the molecule is COc1cccc(OCCN2CCCC2CO)c1. The zero-order valence-electron chi connectivity index (χ0n) is 10.8. The normalized spacial score (nSPS) is 20.0. The molecule has 2 rings (SSSR count). The van der Waals surface area contributed by atoms with Crippen molar-refractivity contribution in [3.05, 3.63) is 24.3 Å². The second-order valence-electron chi connectivity index (χ2n) is 4.54. The molecule has 0 bridgehead atoms. The minimum absolute atomic E-state index is 0.249. The number of aliphatic hydroxyl groups is 1. The van der Waals surface area contributed by atoms with E-state index in [1.807, 2.05) is 24.3 Å². The summed E-state index contributed by atoms with van der Waals surface area (Å²) in [6.07, 6.45) is 2.26. The third-order valence-electron chi connectivity index (χ3n) is 3.40. The number of hydrogen-bond donors (Lipinski definition) is 1. The van der Waals surface area contributed by atoms with Crippen molar-refractivity contribution >= 4 is 0 Å². The molecule has 1 aromatic carbocycles. The van der Waals surface area contributed by atoms with E-state index in [-0.39, 0.29) is 6.61 Å². The predicted molar refractivity (Wildman–Crippen MR) is 70.2 cm³/mol. The van der Waals surface area contributed by atoms with Crippen molar-refractivity contribution in [2.75, 3.05) is 33.4 Å². The minimum atomic E-state index is 0.249. The van der Waals surface area contributed by atoms with Gasteiger partial charge < -0.3 is 14.6 Å². The third-order valence-corrected chi connectivity index (χ3v) is 3.40. The van der Waals surface area contributed by atoms with E-state index >= 15 is 0 Å². The highest BCUT2D eigenvalue weighted by Crippen LogP contribution is 2.19. The molecule has 1 unspecified atom stereocenters. The number of hydrogen-bond acceptors (Lipinski definition) is 4. The number of benzene rings is 1. The molecule has 1 atom stereocenters. The monoisotopic (exact) mass is 251 g/mol. The van der Waals surface area contributed by atoms with E-state index in [4.69, 9.17) is 9.47 Å². The zero-order chi connectivity index (χ0) is 12.8.